The van der Waals surface area contributed by atoms with Crippen molar-refractivity contribution in [2.45, 2.75) is 63.9 Å². The van der Waals surface area contributed by atoms with Gasteiger partial charge in [0.2, 0.25) is 0 Å². The summed E-state index contributed by atoms with van der Waals surface area (Å²) in [6, 6.07) is 0. The van der Waals surface area contributed by atoms with Crippen molar-refractivity contribution >= 4 is 5.97 Å². The van der Waals surface area contributed by atoms with Crippen molar-refractivity contribution in [3.8, 4) is 0 Å². The minimum Gasteiger partial charge on any atom is -0.457 e. The zero-order valence-corrected chi connectivity index (χ0v) is 12.8. The van der Waals surface area contributed by atoms with E-state index in [0.29, 0.717) is 6.61 Å². The van der Waals surface area contributed by atoms with Gasteiger partial charge in [0.05, 0.1) is 13.2 Å². The molecule has 126 valence electrons. The van der Waals surface area contributed by atoms with Gasteiger partial charge in [0.1, 0.15) is 18.3 Å². The second kappa shape index (κ2) is 11.9. The molecule has 0 amide bonds. The van der Waals surface area contributed by atoms with E-state index in [4.69, 9.17) is 14.6 Å². The zero-order valence-electron chi connectivity index (χ0n) is 12.8. The Balaban J connectivity index is 4.27. The van der Waals surface area contributed by atoms with Crippen molar-refractivity contribution in [1.82, 2.24) is 0 Å². The summed E-state index contributed by atoms with van der Waals surface area (Å²) in [6.45, 7) is 2.95. The van der Waals surface area contributed by atoms with Crippen LogP contribution in [-0.2, 0) is 14.3 Å². The highest BCUT2D eigenvalue weighted by atomic mass is 16.6. The monoisotopic (exact) mass is 308 g/mol. The van der Waals surface area contributed by atoms with Gasteiger partial charge >= 0.3 is 5.97 Å². The van der Waals surface area contributed by atoms with Crippen LogP contribution in [0.1, 0.15) is 39.5 Å². The van der Waals surface area contributed by atoms with Gasteiger partial charge in [-0.1, -0.05) is 26.2 Å². The van der Waals surface area contributed by atoms with E-state index in [1.165, 1.54) is 6.92 Å². The molecule has 0 radical (unpaired) electrons. The highest BCUT2D eigenvalue weighted by molar-refractivity contribution is 5.66. The highest BCUT2D eigenvalue weighted by Gasteiger charge is 2.33. The summed E-state index contributed by atoms with van der Waals surface area (Å²) in [5.41, 5.74) is 0. The zero-order chi connectivity index (χ0) is 16.3. The predicted octanol–water partition coefficient (Wildman–Crippen LogP) is -0.410. The molecule has 7 nitrogen and oxygen atoms in total. The summed E-state index contributed by atoms with van der Waals surface area (Å²) in [7, 11) is 0. The average molecular weight is 308 g/mol. The van der Waals surface area contributed by atoms with Gasteiger partial charge in [-0.05, 0) is 6.42 Å². The minimum absolute atomic E-state index is 0.0813. The van der Waals surface area contributed by atoms with Crippen molar-refractivity contribution in [1.29, 1.82) is 0 Å². The lowest BCUT2D eigenvalue weighted by Gasteiger charge is -2.28. The van der Waals surface area contributed by atoms with Crippen LogP contribution in [-0.4, -0.2) is 70.6 Å². The van der Waals surface area contributed by atoms with Crippen LogP contribution in [0.25, 0.3) is 0 Å². The number of esters is 1. The molecule has 0 unspecified atom stereocenters. The number of carbonyl (C=O) groups is 1. The molecule has 0 aliphatic heterocycles. The number of carbonyl (C=O) groups excluding carboxylic acids is 1. The predicted molar refractivity (Wildman–Crippen MR) is 75.6 cm³/mol. The fourth-order valence-corrected chi connectivity index (χ4v) is 1.80. The number of hydrogen-bond acceptors (Lipinski definition) is 7. The molecule has 0 rings (SSSR count). The first-order valence-electron chi connectivity index (χ1n) is 7.34. The van der Waals surface area contributed by atoms with Crippen molar-refractivity contribution in [2.24, 2.45) is 0 Å². The maximum Gasteiger partial charge on any atom is 0.303 e. The molecule has 4 N–H and O–H groups in total. The minimum atomic E-state index is -1.62. The summed E-state index contributed by atoms with van der Waals surface area (Å²) in [5.74, 6) is -0.626. The number of hydrogen-bond donors (Lipinski definition) is 4. The van der Waals surface area contributed by atoms with Crippen molar-refractivity contribution < 1.29 is 34.7 Å². The van der Waals surface area contributed by atoms with E-state index >= 15 is 0 Å². The normalized spacial score (nSPS) is 17.0. The van der Waals surface area contributed by atoms with E-state index in [-0.39, 0.29) is 6.61 Å². The Hall–Kier alpha value is -0.730. The first-order valence-corrected chi connectivity index (χ1v) is 7.34. The van der Waals surface area contributed by atoms with Crippen LogP contribution in [0.3, 0.4) is 0 Å². The molecular weight excluding hydrogens is 280 g/mol. The van der Waals surface area contributed by atoms with Crippen LogP contribution in [0, 0.1) is 0 Å². The molecule has 4 atom stereocenters. The summed E-state index contributed by atoms with van der Waals surface area (Å²) in [5, 5.41) is 37.6. The van der Waals surface area contributed by atoms with E-state index in [0.717, 1.165) is 25.7 Å². The first kappa shape index (κ1) is 20.3. The van der Waals surface area contributed by atoms with E-state index in [2.05, 4.69) is 6.92 Å². The summed E-state index contributed by atoms with van der Waals surface area (Å²) < 4.78 is 10.2. The molecule has 0 aromatic carbocycles. The molecule has 0 aliphatic carbocycles. The summed E-state index contributed by atoms with van der Waals surface area (Å²) in [6.07, 6.45) is -1.65. The number of unbranched alkanes of at least 4 members (excludes halogenated alkanes) is 3. The van der Waals surface area contributed by atoms with Gasteiger partial charge in [0.25, 0.3) is 0 Å². The molecular formula is C14H28O7. The lowest BCUT2D eigenvalue weighted by atomic mass is 10.0. The van der Waals surface area contributed by atoms with E-state index < -0.39 is 37.0 Å². The second-order valence-electron chi connectivity index (χ2n) is 5.01. The lowest BCUT2D eigenvalue weighted by molar-refractivity contribution is -0.171. The largest absolute Gasteiger partial charge is 0.457 e. The van der Waals surface area contributed by atoms with Crippen LogP contribution >= 0.6 is 0 Å². The standard InChI is InChI=1S/C14H28O7/c1-3-4-5-6-7-20-9-12(21-10(2)16)14(19)13(18)11(17)8-15/h11-15,17-19H,3-9H2,1-2H3/t11-,12+,13-,14-/m1/s1. The van der Waals surface area contributed by atoms with Crippen molar-refractivity contribution in [3.63, 3.8) is 0 Å². The fourth-order valence-electron chi connectivity index (χ4n) is 1.80. The van der Waals surface area contributed by atoms with Crippen LogP contribution in [0.4, 0.5) is 0 Å². The Morgan fingerprint density at radius 1 is 1.10 bits per heavy atom. The maximum atomic E-state index is 11.0. The van der Waals surface area contributed by atoms with Crippen LogP contribution in [0.2, 0.25) is 0 Å². The Labute approximate surface area is 125 Å². The van der Waals surface area contributed by atoms with Crippen LogP contribution in [0.15, 0.2) is 0 Å². The SMILES string of the molecule is CCCCCCOC[C@H](OC(C)=O)[C@@H](O)[C@H](O)[C@H](O)CO. The molecule has 0 saturated heterocycles. The maximum absolute atomic E-state index is 11.0. The smallest absolute Gasteiger partial charge is 0.303 e. The molecule has 0 aromatic heterocycles. The fraction of sp³-hybridized carbons (Fsp3) is 0.929. The van der Waals surface area contributed by atoms with Crippen molar-refractivity contribution in [2.75, 3.05) is 19.8 Å². The highest BCUT2D eigenvalue weighted by Crippen LogP contribution is 2.10. The van der Waals surface area contributed by atoms with Crippen LogP contribution < -0.4 is 0 Å². The van der Waals surface area contributed by atoms with Gasteiger partial charge in [-0.25, -0.2) is 0 Å². The first-order chi connectivity index (χ1) is 9.93. The third-order valence-corrected chi connectivity index (χ3v) is 3.05. The average Bonchev–Trinajstić information content (AvgIpc) is 2.46. The van der Waals surface area contributed by atoms with Gasteiger partial charge in [0.15, 0.2) is 6.10 Å². The number of aliphatic hydroxyl groups excluding tert-OH is 4. The van der Waals surface area contributed by atoms with E-state index in [1.807, 2.05) is 0 Å². The third-order valence-electron chi connectivity index (χ3n) is 3.05. The molecule has 0 bridgehead atoms. The van der Waals surface area contributed by atoms with Gasteiger partial charge < -0.3 is 29.9 Å². The lowest BCUT2D eigenvalue weighted by Crippen LogP contribution is -2.48. The van der Waals surface area contributed by atoms with Gasteiger partial charge in [0, 0.05) is 13.5 Å². The molecule has 0 spiro atoms. The van der Waals surface area contributed by atoms with Gasteiger partial charge in [-0.2, -0.15) is 0 Å². The second-order valence-corrected chi connectivity index (χ2v) is 5.01. The summed E-state index contributed by atoms with van der Waals surface area (Å²) in [4.78, 5) is 11.0. The Kier molecular flexibility index (Phi) is 11.5. The molecule has 0 heterocycles. The van der Waals surface area contributed by atoms with E-state index in [1.54, 1.807) is 0 Å². The van der Waals surface area contributed by atoms with Crippen LogP contribution in [0.5, 0.6) is 0 Å². The third kappa shape index (κ3) is 9.00. The molecule has 0 aromatic rings. The topological polar surface area (TPSA) is 116 Å². The van der Waals surface area contributed by atoms with Crippen molar-refractivity contribution in [3.05, 3.63) is 0 Å². The van der Waals surface area contributed by atoms with E-state index in [9.17, 15) is 20.1 Å². The Bertz CT molecular complexity index is 272. The number of rotatable bonds is 12. The molecule has 0 aliphatic rings. The number of ether oxygens (including phenoxy) is 2. The Morgan fingerprint density at radius 2 is 1.76 bits per heavy atom. The molecule has 0 fully saturated rings. The molecule has 7 heteroatoms. The molecule has 0 saturated carbocycles. The Morgan fingerprint density at radius 3 is 2.29 bits per heavy atom. The molecule has 21 heavy (non-hydrogen) atoms. The summed E-state index contributed by atoms with van der Waals surface area (Å²) >= 11 is 0. The van der Waals surface area contributed by atoms with Gasteiger partial charge in [-0.15, -0.1) is 0 Å². The number of aliphatic hydroxyl groups is 4. The van der Waals surface area contributed by atoms with Gasteiger partial charge in [-0.3, -0.25) is 4.79 Å². The quantitative estimate of drug-likeness (QED) is 0.286.